The highest BCUT2D eigenvalue weighted by Crippen LogP contribution is 2.39. The molecule has 0 radical (unpaired) electrons. The molecule has 1 saturated carbocycles. The van der Waals surface area contributed by atoms with Crippen LogP contribution in [0, 0.1) is 11.3 Å². The van der Waals surface area contributed by atoms with Gasteiger partial charge in [0.25, 0.3) is 0 Å². The van der Waals surface area contributed by atoms with Crippen LogP contribution in [0.15, 0.2) is 0 Å². The van der Waals surface area contributed by atoms with Crippen LogP contribution in [0.1, 0.15) is 53.4 Å². The van der Waals surface area contributed by atoms with Crippen LogP contribution < -0.4 is 5.32 Å². The van der Waals surface area contributed by atoms with Crippen LogP contribution in [0.25, 0.3) is 0 Å². The fourth-order valence-electron chi connectivity index (χ4n) is 2.85. The Morgan fingerprint density at radius 1 is 1.29 bits per heavy atom. The summed E-state index contributed by atoms with van der Waals surface area (Å²) in [6.45, 7) is 10.2. The van der Waals surface area contributed by atoms with Crippen molar-refractivity contribution >= 4 is 10.8 Å². The van der Waals surface area contributed by atoms with Crippen molar-refractivity contribution in [1.29, 1.82) is 0 Å². The smallest absolute Gasteiger partial charge is 0.0501 e. The van der Waals surface area contributed by atoms with Crippen LogP contribution in [0.5, 0.6) is 0 Å². The minimum absolute atomic E-state index is 0.347. The Morgan fingerprint density at radius 2 is 1.94 bits per heavy atom. The van der Waals surface area contributed by atoms with Gasteiger partial charge in [0.15, 0.2) is 0 Å². The fourth-order valence-corrected chi connectivity index (χ4v) is 4.04. The summed E-state index contributed by atoms with van der Waals surface area (Å²) < 4.78 is 11.9. The topological polar surface area (TPSA) is 29.1 Å². The zero-order chi connectivity index (χ0) is 13.1. The molecule has 0 aromatic heterocycles. The molecule has 0 saturated heterocycles. The first-order valence-electron chi connectivity index (χ1n) is 6.91. The summed E-state index contributed by atoms with van der Waals surface area (Å²) in [5.74, 6) is 0.719. The average Bonchev–Trinajstić information content (AvgIpc) is 2.24. The minimum atomic E-state index is -0.704. The molecule has 0 heterocycles. The van der Waals surface area contributed by atoms with Gasteiger partial charge >= 0.3 is 0 Å². The Hall–Kier alpha value is 0.110. The van der Waals surface area contributed by atoms with E-state index in [2.05, 4.69) is 33.0 Å². The standard InChI is InChI=1S/C14H29NOS/c1-6-9-15-12-8-7-11(14(2,3)4)10-13(12)17(5)16/h11-13,15H,6-10H2,1-5H3. The third kappa shape index (κ3) is 4.36. The number of hydrogen-bond donors (Lipinski definition) is 1. The highest BCUT2D eigenvalue weighted by molar-refractivity contribution is 7.85. The molecule has 0 bridgehead atoms. The van der Waals surface area contributed by atoms with Crippen molar-refractivity contribution in [3.05, 3.63) is 0 Å². The summed E-state index contributed by atoms with van der Waals surface area (Å²) in [5.41, 5.74) is 0.355. The Labute approximate surface area is 109 Å². The van der Waals surface area contributed by atoms with Crippen LogP contribution in [0.3, 0.4) is 0 Å². The average molecular weight is 259 g/mol. The van der Waals surface area contributed by atoms with E-state index in [1.807, 2.05) is 6.26 Å². The van der Waals surface area contributed by atoms with E-state index in [1.54, 1.807) is 0 Å². The molecule has 1 N–H and O–H groups in total. The van der Waals surface area contributed by atoms with Crippen molar-refractivity contribution in [1.82, 2.24) is 5.32 Å². The molecular weight excluding hydrogens is 230 g/mol. The van der Waals surface area contributed by atoms with Crippen LogP contribution in [0.4, 0.5) is 0 Å². The second-order valence-corrected chi connectivity index (χ2v) is 8.08. The maximum Gasteiger partial charge on any atom is 0.0501 e. The summed E-state index contributed by atoms with van der Waals surface area (Å²) in [7, 11) is -0.704. The molecule has 1 fully saturated rings. The van der Waals surface area contributed by atoms with Crippen LogP contribution in [0.2, 0.25) is 0 Å². The highest BCUT2D eigenvalue weighted by Gasteiger charge is 2.37. The Kier molecular flexibility index (Phi) is 5.65. The van der Waals surface area contributed by atoms with Crippen molar-refractivity contribution in [3.8, 4) is 0 Å². The molecule has 4 unspecified atom stereocenters. The minimum Gasteiger partial charge on any atom is -0.313 e. The van der Waals surface area contributed by atoms with E-state index in [4.69, 9.17) is 0 Å². The maximum atomic E-state index is 11.9. The Bertz CT molecular complexity index is 259. The molecular formula is C14H29NOS. The lowest BCUT2D eigenvalue weighted by Gasteiger charge is -2.41. The van der Waals surface area contributed by atoms with Gasteiger partial charge in [0.1, 0.15) is 0 Å². The van der Waals surface area contributed by atoms with Gasteiger partial charge in [-0.25, -0.2) is 0 Å². The summed E-state index contributed by atoms with van der Waals surface area (Å²) in [6, 6.07) is 0.472. The monoisotopic (exact) mass is 259 g/mol. The lowest BCUT2D eigenvalue weighted by atomic mass is 9.71. The zero-order valence-electron chi connectivity index (χ0n) is 12.1. The van der Waals surface area contributed by atoms with Crippen molar-refractivity contribution in [2.75, 3.05) is 12.8 Å². The lowest BCUT2D eigenvalue weighted by Crippen LogP contribution is -2.48. The third-order valence-electron chi connectivity index (χ3n) is 4.10. The van der Waals surface area contributed by atoms with Gasteiger partial charge in [0, 0.05) is 23.1 Å². The molecule has 2 nitrogen and oxygen atoms in total. The van der Waals surface area contributed by atoms with Crippen molar-refractivity contribution in [3.63, 3.8) is 0 Å². The first kappa shape index (κ1) is 15.2. The zero-order valence-corrected chi connectivity index (χ0v) is 12.9. The molecule has 1 aliphatic rings. The molecule has 4 atom stereocenters. The molecule has 102 valence electrons. The largest absolute Gasteiger partial charge is 0.313 e. The highest BCUT2D eigenvalue weighted by atomic mass is 32.2. The van der Waals surface area contributed by atoms with Crippen LogP contribution in [-0.2, 0) is 10.8 Å². The molecule has 17 heavy (non-hydrogen) atoms. The predicted octanol–water partition coefficient (Wildman–Crippen LogP) is 2.95. The summed E-state index contributed by atoms with van der Waals surface area (Å²) in [4.78, 5) is 0. The second-order valence-electron chi connectivity index (χ2n) is 6.47. The number of rotatable bonds is 4. The van der Waals surface area contributed by atoms with Gasteiger partial charge in [-0.3, -0.25) is 4.21 Å². The Morgan fingerprint density at radius 3 is 2.41 bits per heavy atom. The summed E-state index contributed by atoms with van der Waals surface area (Å²) in [6.07, 6.45) is 6.61. The van der Waals surface area contributed by atoms with Gasteiger partial charge in [0.05, 0.1) is 5.25 Å². The van der Waals surface area contributed by atoms with Gasteiger partial charge in [-0.05, 0) is 43.6 Å². The van der Waals surface area contributed by atoms with E-state index in [-0.39, 0.29) is 0 Å². The fraction of sp³-hybridized carbons (Fsp3) is 1.00. The van der Waals surface area contributed by atoms with E-state index in [0.717, 1.165) is 25.3 Å². The molecule has 1 aliphatic carbocycles. The third-order valence-corrected chi connectivity index (χ3v) is 5.47. The maximum absolute atomic E-state index is 11.9. The number of hydrogen-bond acceptors (Lipinski definition) is 2. The van der Waals surface area contributed by atoms with E-state index < -0.39 is 10.8 Å². The summed E-state index contributed by atoms with van der Waals surface area (Å²) >= 11 is 0. The van der Waals surface area contributed by atoms with Gasteiger partial charge in [0.2, 0.25) is 0 Å². The normalized spacial score (nSPS) is 32.4. The number of nitrogens with one attached hydrogen (secondary N) is 1. The lowest BCUT2D eigenvalue weighted by molar-refractivity contribution is 0.164. The first-order valence-corrected chi connectivity index (χ1v) is 8.54. The van der Waals surface area contributed by atoms with E-state index in [9.17, 15) is 4.21 Å². The van der Waals surface area contributed by atoms with E-state index in [1.165, 1.54) is 12.8 Å². The molecule has 0 amide bonds. The molecule has 3 heteroatoms. The van der Waals surface area contributed by atoms with Gasteiger partial charge in [-0.2, -0.15) is 0 Å². The quantitative estimate of drug-likeness (QED) is 0.841. The van der Waals surface area contributed by atoms with Crippen molar-refractivity contribution in [2.24, 2.45) is 11.3 Å². The van der Waals surface area contributed by atoms with E-state index in [0.29, 0.717) is 16.7 Å². The van der Waals surface area contributed by atoms with Gasteiger partial charge in [-0.1, -0.05) is 27.7 Å². The summed E-state index contributed by atoms with van der Waals surface area (Å²) in [5, 5.41) is 3.93. The van der Waals surface area contributed by atoms with Crippen molar-refractivity contribution in [2.45, 2.75) is 64.7 Å². The van der Waals surface area contributed by atoms with Crippen LogP contribution >= 0.6 is 0 Å². The van der Waals surface area contributed by atoms with Crippen molar-refractivity contribution < 1.29 is 4.21 Å². The molecule has 0 aromatic carbocycles. The molecule has 1 rings (SSSR count). The first-order chi connectivity index (χ1) is 7.86. The molecule has 0 aliphatic heterocycles. The second kappa shape index (κ2) is 6.33. The SMILES string of the molecule is CCCNC1CCC(C(C)(C)C)CC1S(C)=O. The molecule has 0 spiro atoms. The molecule has 0 aromatic rings. The van der Waals surface area contributed by atoms with Gasteiger partial charge in [-0.15, -0.1) is 0 Å². The van der Waals surface area contributed by atoms with E-state index >= 15 is 0 Å². The Balaban J connectivity index is 2.64. The van der Waals surface area contributed by atoms with Crippen LogP contribution in [-0.4, -0.2) is 28.3 Å². The van der Waals surface area contributed by atoms with Gasteiger partial charge < -0.3 is 5.32 Å². The predicted molar refractivity (Wildman–Crippen MR) is 76.7 cm³/mol.